The first-order valence-corrected chi connectivity index (χ1v) is 7.14. The predicted octanol–water partition coefficient (Wildman–Crippen LogP) is 4.92. The van der Waals surface area contributed by atoms with E-state index in [1.54, 1.807) is 12.1 Å². The van der Waals surface area contributed by atoms with E-state index >= 15 is 0 Å². The molecule has 0 heterocycles. The van der Waals surface area contributed by atoms with E-state index in [1.807, 2.05) is 6.07 Å². The fourth-order valence-corrected chi connectivity index (χ4v) is 2.10. The second kappa shape index (κ2) is 8.98. The zero-order valence-electron chi connectivity index (χ0n) is 11.0. The first-order valence-electron chi connectivity index (χ1n) is 6.76. The van der Waals surface area contributed by atoms with Gasteiger partial charge in [0, 0.05) is 22.8 Å². The summed E-state index contributed by atoms with van der Waals surface area (Å²) in [5.41, 5.74) is 1.51. The van der Waals surface area contributed by atoms with E-state index < -0.39 is 0 Å². The first kappa shape index (κ1) is 15.0. The van der Waals surface area contributed by atoms with Crippen molar-refractivity contribution < 1.29 is 4.79 Å². The summed E-state index contributed by atoms with van der Waals surface area (Å²) >= 11 is 5.84. The van der Waals surface area contributed by atoms with Crippen molar-refractivity contribution in [1.82, 2.24) is 0 Å². The summed E-state index contributed by atoms with van der Waals surface area (Å²) in [5.74, 6) is 0. The van der Waals surface area contributed by atoms with Crippen molar-refractivity contribution in [2.45, 2.75) is 45.4 Å². The Morgan fingerprint density at radius 1 is 1.17 bits per heavy atom. The molecule has 0 saturated carbocycles. The molecule has 100 valence electrons. The molecule has 0 aromatic heterocycles. The Bertz CT molecular complexity index is 366. The summed E-state index contributed by atoms with van der Waals surface area (Å²) in [7, 11) is 0. The minimum Gasteiger partial charge on any atom is -0.384 e. The number of hydrogen-bond acceptors (Lipinski definition) is 2. The zero-order valence-corrected chi connectivity index (χ0v) is 11.8. The van der Waals surface area contributed by atoms with Crippen molar-refractivity contribution in [2.75, 3.05) is 11.9 Å². The van der Waals surface area contributed by atoms with Crippen molar-refractivity contribution in [3.05, 3.63) is 28.8 Å². The molecule has 0 aliphatic carbocycles. The average Bonchev–Trinajstić information content (AvgIpc) is 2.39. The van der Waals surface area contributed by atoms with Crippen LogP contribution in [0.5, 0.6) is 0 Å². The summed E-state index contributed by atoms with van der Waals surface area (Å²) < 4.78 is 0. The van der Waals surface area contributed by atoms with Gasteiger partial charge in [0.25, 0.3) is 0 Å². The number of rotatable bonds is 9. The number of halogens is 1. The summed E-state index contributed by atoms with van der Waals surface area (Å²) in [5, 5.41) is 3.89. The van der Waals surface area contributed by atoms with Gasteiger partial charge in [-0.2, -0.15) is 0 Å². The molecule has 2 nitrogen and oxygen atoms in total. The molecule has 0 aliphatic rings. The molecule has 0 unspecified atom stereocenters. The van der Waals surface area contributed by atoms with E-state index in [9.17, 15) is 4.79 Å². The Balaban J connectivity index is 2.25. The molecule has 3 heteroatoms. The van der Waals surface area contributed by atoms with Crippen LogP contribution in [0.1, 0.15) is 55.8 Å². The maximum atomic E-state index is 10.9. The first-order chi connectivity index (χ1) is 8.77. The molecule has 0 aliphatic heterocycles. The van der Waals surface area contributed by atoms with Crippen LogP contribution in [0.25, 0.3) is 0 Å². The van der Waals surface area contributed by atoms with Gasteiger partial charge in [0.05, 0.1) is 0 Å². The topological polar surface area (TPSA) is 29.1 Å². The Morgan fingerprint density at radius 2 is 1.89 bits per heavy atom. The highest BCUT2D eigenvalue weighted by Crippen LogP contribution is 2.19. The summed E-state index contributed by atoms with van der Waals surface area (Å²) in [6.45, 7) is 3.14. The number of unbranched alkanes of at least 4 members (excludes halogenated alkanes) is 5. The van der Waals surface area contributed by atoms with E-state index in [4.69, 9.17) is 11.6 Å². The number of carbonyl (C=O) groups is 1. The fourth-order valence-electron chi connectivity index (χ4n) is 1.92. The number of aldehydes is 1. The molecular formula is C15H22ClNO. The average molecular weight is 268 g/mol. The molecule has 1 N–H and O–H groups in total. The van der Waals surface area contributed by atoms with E-state index in [0.717, 1.165) is 24.9 Å². The van der Waals surface area contributed by atoms with Gasteiger partial charge in [-0.1, -0.05) is 50.6 Å². The fraction of sp³-hybridized carbons (Fsp3) is 0.533. The smallest absolute Gasteiger partial charge is 0.152 e. The predicted molar refractivity (Wildman–Crippen MR) is 78.7 cm³/mol. The lowest BCUT2D eigenvalue weighted by Gasteiger charge is -2.09. The lowest BCUT2D eigenvalue weighted by Crippen LogP contribution is -2.03. The van der Waals surface area contributed by atoms with E-state index in [2.05, 4.69) is 12.2 Å². The second-order valence-corrected chi connectivity index (χ2v) is 4.98. The molecule has 0 saturated heterocycles. The monoisotopic (exact) mass is 267 g/mol. The molecule has 1 aromatic rings. The number of carbonyl (C=O) groups excluding carboxylic acids is 1. The summed E-state index contributed by atoms with van der Waals surface area (Å²) in [6.07, 6.45) is 8.48. The minimum atomic E-state index is 0.599. The van der Waals surface area contributed by atoms with Crippen molar-refractivity contribution in [3.8, 4) is 0 Å². The van der Waals surface area contributed by atoms with Crippen LogP contribution in [-0.2, 0) is 0 Å². The van der Waals surface area contributed by atoms with Crippen LogP contribution in [-0.4, -0.2) is 12.8 Å². The van der Waals surface area contributed by atoms with Crippen molar-refractivity contribution in [2.24, 2.45) is 0 Å². The van der Waals surface area contributed by atoms with Crippen molar-refractivity contribution in [1.29, 1.82) is 0 Å². The van der Waals surface area contributed by atoms with Gasteiger partial charge in [0.2, 0.25) is 0 Å². The summed E-state index contributed by atoms with van der Waals surface area (Å²) in [6, 6.07) is 5.36. The molecule has 0 fully saturated rings. The van der Waals surface area contributed by atoms with E-state index in [0.29, 0.717) is 10.6 Å². The second-order valence-electron chi connectivity index (χ2n) is 4.54. The molecule has 0 radical (unpaired) electrons. The largest absolute Gasteiger partial charge is 0.384 e. The quantitative estimate of drug-likeness (QED) is 0.508. The third-order valence-corrected chi connectivity index (χ3v) is 3.22. The number of anilines is 1. The van der Waals surface area contributed by atoms with Crippen LogP contribution < -0.4 is 5.32 Å². The van der Waals surface area contributed by atoms with Gasteiger partial charge in [-0.25, -0.2) is 0 Å². The lowest BCUT2D eigenvalue weighted by molar-refractivity contribution is 0.112. The maximum Gasteiger partial charge on any atom is 0.152 e. The molecule has 0 atom stereocenters. The van der Waals surface area contributed by atoms with Crippen LogP contribution in [0.4, 0.5) is 5.69 Å². The van der Waals surface area contributed by atoms with Crippen LogP contribution in [0.3, 0.4) is 0 Å². The third-order valence-electron chi connectivity index (χ3n) is 2.99. The van der Waals surface area contributed by atoms with Gasteiger partial charge in [0.1, 0.15) is 0 Å². The van der Waals surface area contributed by atoms with Gasteiger partial charge >= 0.3 is 0 Å². The maximum absolute atomic E-state index is 10.9. The third kappa shape index (κ3) is 5.54. The van der Waals surface area contributed by atoms with Gasteiger partial charge in [-0.3, -0.25) is 4.79 Å². The number of hydrogen-bond donors (Lipinski definition) is 1. The molecule has 0 amide bonds. The zero-order chi connectivity index (χ0) is 13.2. The van der Waals surface area contributed by atoms with Crippen molar-refractivity contribution in [3.63, 3.8) is 0 Å². The molecule has 0 bridgehead atoms. The SMILES string of the molecule is CCCCCCCCNc1ccc(Cl)cc1C=O. The minimum absolute atomic E-state index is 0.599. The Morgan fingerprint density at radius 3 is 2.61 bits per heavy atom. The molecule has 1 aromatic carbocycles. The van der Waals surface area contributed by atoms with Gasteiger partial charge in [0.15, 0.2) is 6.29 Å². The Labute approximate surface area is 115 Å². The van der Waals surface area contributed by atoms with Crippen LogP contribution in [0.2, 0.25) is 5.02 Å². The van der Waals surface area contributed by atoms with E-state index in [1.165, 1.54) is 32.1 Å². The van der Waals surface area contributed by atoms with Crippen molar-refractivity contribution >= 4 is 23.6 Å². The number of nitrogens with one attached hydrogen (secondary N) is 1. The van der Waals surface area contributed by atoms with E-state index in [-0.39, 0.29) is 0 Å². The van der Waals surface area contributed by atoms with Gasteiger partial charge in [-0.05, 0) is 24.6 Å². The standard InChI is InChI=1S/C15H22ClNO/c1-2-3-4-5-6-7-10-17-15-9-8-14(16)11-13(15)12-18/h8-9,11-12,17H,2-7,10H2,1H3. The molecule has 1 rings (SSSR count). The highest BCUT2D eigenvalue weighted by Gasteiger charge is 2.01. The normalized spacial score (nSPS) is 10.3. The van der Waals surface area contributed by atoms with Gasteiger partial charge < -0.3 is 5.32 Å². The summed E-state index contributed by atoms with van der Waals surface area (Å²) in [4.78, 5) is 10.9. The highest BCUT2D eigenvalue weighted by atomic mass is 35.5. The highest BCUT2D eigenvalue weighted by molar-refractivity contribution is 6.31. The molecule has 18 heavy (non-hydrogen) atoms. The Kier molecular flexibility index (Phi) is 7.51. The van der Waals surface area contributed by atoms with Crippen LogP contribution in [0, 0.1) is 0 Å². The number of benzene rings is 1. The Hall–Kier alpha value is -1.02. The van der Waals surface area contributed by atoms with Crippen LogP contribution in [0.15, 0.2) is 18.2 Å². The van der Waals surface area contributed by atoms with Gasteiger partial charge in [-0.15, -0.1) is 0 Å². The molecular weight excluding hydrogens is 246 g/mol. The van der Waals surface area contributed by atoms with Crippen LogP contribution >= 0.6 is 11.6 Å². The molecule has 0 spiro atoms. The lowest BCUT2D eigenvalue weighted by atomic mass is 10.1.